The minimum atomic E-state index is -0.476. The fourth-order valence-electron chi connectivity index (χ4n) is 3.03. The largest absolute Gasteiger partial charge is 0.459 e. The molecule has 1 aromatic heterocycles. The fourth-order valence-corrected chi connectivity index (χ4v) is 4.37. The number of anilines is 2. The van der Waals surface area contributed by atoms with Gasteiger partial charge in [0.1, 0.15) is 5.25 Å². The average molecular weight is 507 g/mol. The van der Waals surface area contributed by atoms with Gasteiger partial charge in [0.05, 0.1) is 6.26 Å². The lowest BCUT2D eigenvalue weighted by atomic mass is 10.1. The molecule has 0 saturated carbocycles. The van der Waals surface area contributed by atoms with Crippen molar-refractivity contribution < 1.29 is 14.0 Å². The SMILES string of the molecule is O=C(Nc1cccc(SC(C(=O)Nc2ccc(Br)cc2)c2ccccc2)c1)c1ccco1. The van der Waals surface area contributed by atoms with Gasteiger partial charge < -0.3 is 15.1 Å². The molecule has 4 rings (SSSR count). The van der Waals surface area contributed by atoms with E-state index in [1.807, 2.05) is 72.8 Å². The van der Waals surface area contributed by atoms with Crippen molar-refractivity contribution >= 4 is 50.9 Å². The summed E-state index contributed by atoms with van der Waals surface area (Å²) in [4.78, 5) is 26.3. The van der Waals surface area contributed by atoms with Gasteiger partial charge in [0.25, 0.3) is 5.91 Å². The number of benzene rings is 3. The summed E-state index contributed by atoms with van der Waals surface area (Å²) < 4.78 is 6.08. The number of furan rings is 1. The lowest BCUT2D eigenvalue weighted by Gasteiger charge is -2.18. The minimum Gasteiger partial charge on any atom is -0.459 e. The summed E-state index contributed by atoms with van der Waals surface area (Å²) in [6.07, 6.45) is 1.45. The smallest absolute Gasteiger partial charge is 0.291 e. The molecule has 0 spiro atoms. The molecule has 32 heavy (non-hydrogen) atoms. The Bertz CT molecular complexity index is 1200. The summed E-state index contributed by atoms with van der Waals surface area (Å²) in [5, 5.41) is 5.34. The predicted octanol–water partition coefficient (Wildman–Crippen LogP) is 6.77. The van der Waals surface area contributed by atoms with E-state index in [1.54, 1.807) is 18.2 Å². The number of carbonyl (C=O) groups is 2. The van der Waals surface area contributed by atoms with Crippen molar-refractivity contribution in [3.05, 3.63) is 113 Å². The first-order chi connectivity index (χ1) is 15.6. The molecule has 160 valence electrons. The molecule has 2 N–H and O–H groups in total. The Morgan fingerprint density at radius 1 is 0.812 bits per heavy atom. The Morgan fingerprint density at radius 2 is 1.59 bits per heavy atom. The highest BCUT2D eigenvalue weighted by Crippen LogP contribution is 2.37. The van der Waals surface area contributed by atoms with Crippen LogP contribution < -0.4 is 10.6 Å². The van der Waals surface area contributed by atoms with E-state index < -0.39 is 5.25 Å². The lowest BCUT2D eigenvalue weighted by Crippen LogP contribution is -2.19. The molecule has 0 aliphatic heterocycles. The molecule has 0 saturated heterocycles. The van der Waals surface area contributed by atoms with Gasteiger partial charge in [0.15, 0.2) is 5.76 Å². The average Bonchev–Trinajstić information content (AvgIpc) is 3.35. The number of hydrogen-bond donors (Lipinski definition) is 2. The molecule has 2 amide bonds. The van der Waals surface area contributed by atoms with Crippen molar-refractivity contribution in [2.45, 2.75) is 10.1 Å². The molecule has 4 aromatic rings. The summed E-state index contributed by atoms with van der Waals surface area (Å²) in [6.45, 7) is 0. The number of hydrogen-bond acceptors (Lipinski definition) is 4. The van der Waals surface area contributed by atoms with Crippen molar-refractivity contribution in [1.82, 2.24) is 0 Å². The second-order valence-electron chi connectivity index (χ2n) is 6.86. The van der Waals surface area contributed by atoms with Crippen LogP contribution in [-0.4, -0.2) is 11.8 Å². The van der Waals surface area contributed by atoms with Crippen molar-refractivity contribution in [3.63, 3.8) is 0 Å². The van der Waals surface area contributed by atoms with Gasteiger partial charge in [-0.3, -0.25) is 9.59 Å². The van der Waals surface area contributed by atoms with Crippen LogP contribution in [0.1, 0.15) is 21.4 Å². The topological polar surface area (TPSA) is 71.3 Å². The number of rotatable bonds is 7. The maximum Gasteiger partial charge on any atom is 0.291 e. The summed E-state index contributed by atoms with van der Waals surface area (Å²) >= 11 is 4.82. The summed E-state index contributed by atoms with van der Waals surface area (Å²) in [6, 6.07) is 27.7. The second kappa shape index (κ2) is 10.3. The van der Waals surface area contributed by atoms with Crippen molar-refractivity contribution in [2.24, 2.45) is 0 Å². The van der Waals surface area contributed by atoms with Crippen molar-refractivity contribution in [2.75, 3.05) is 10.6 Å². The van der Waals surface area contributed by atoms with Gasteiger partial charge in [-0.25, -0.2) is 0 Å². The van der Waals surface area contributed by atoms with E-state index in [-0.39, 0.29) is 17.6 Å². The Hall–Kier alpha value is -3.29. The van der Waals surface area contributed by atoms with Crippen LogP contribution in [0, 0.1) is 0 Å². The molecule has 5 nitrogen and oxygen atoms in total. The van der Waals surface area contributed by atoms with Crippen LogP contribution in [-0.2, 0) is 4.79 Å². The number of thioether (sulfide) groups is 1. The summed E-state index contributed by atoms with van der Waals surface area (Å²) in [7, 11) is 0. The molecule has 7 heteroatoms. The highest BCUT2D eigenvalue weighted by molar-refractivity contribution is 9.10. The van der Waals surface area contributed by atoms with Crippen LogP contribution in [0.5, 0.6) is 0 Å². The standard InChI is InChI=1S/C25H19BrN2O3S/c26-18-11-13-19(14-12-18)27-25(30)23(17-6-2-1-3-7-17)32-21-9-4-8-20(16-21)28-24(29)22-10-5-15-31-22/h1-16,23H,(H,27,30)(H,28,29). The lowest BCUT2D eigenvalue weighted by molar-refractivity contribution is -0.115. The third-order valence-corrected chi connectivity index (χ3v) is 6.32. The Labute approximate surface area is 198 Å². The molecular weight excluding hydrogens is 488 g/mol. The number of amides is 2. The first-order valence-electron chi connectivity index (χ1n) is 9.81. The van der Waals surface area contributed by atoms with E-state index in [9.17, 15) is 9.59 Å². The van der Waals surface area contributed by atoms with Gasteiger partial charge in [-0.15, -0.1) is 11.8 Å². The van der Waals surface area contributed by atoms with Gasteiger partial charge in [-0.05, 0) is 60.2 Å². The molecule has 1 unspecified atom stereocenters. The maximum atomic E-state index is 13.2. The van der Waals surface area contributed by atoms with Gasteiger partial charge in [0, 0.05) is 20.7 Å². The van der Waals surface area contributed by atoms with Gasteiger partial charge >= 0.3 is 0 Å². The zero-order valence-electron chi connectivity index (χ0n) is 16.8. The number of nitrogens with one attached hydrogen (secondary N) is 2. The van der Waals surface area contributed by atoms with E-state index in [1.165, 1.54) is 18.0 Å². The third kappa shape index (κ3) is 5.69. The molecule has 0 fully saturated rings. The zero-order chi connectivity index (χ0) is 22.3. The highest BCUT2D eigenvalue weighted by atomic mass is 79.9. The molecule has 1 atom stereocenters. The number of halogens is 1. The highest BCUT2D eigenvalue weighted by Gasteiger charge is 2.22. The first-order valence-corrected chi connectivity index (χ1v) is 11.5. The molecule has 3 aromatic carbocycles. The number of carbonyl (C=O) groups excluding carboxylic acids is 2. The zero-order valence-corrected chi connectivity index (χ0v) is 19.2. The molecular formula is C25H19BrN2O3S. The van der Waals surface area contributed by atoms with Gasteiger partial charge in [0.2, 0.25) is 5.91 Å². The van der Waals surface area contributed by atoms with Crippen LogP contribution >= 0.6 is 27.7 Å². The van der Waals surface area contributed by atoms with E-state index >= 15 is 0 Å². The van der Waals surface area contributed by atoms with Crippen LogP contribution in [0.15, 0.2) is 111 Å². The van der Waals surface area contributed by atoms with Gasteiger partial charge in [-0.1, -0.05) is 52.3 Å². The molecule has 0 radical (unpaired) electrons. The third-order valence-electron chi connectivity index (χ3n) is 4.54. The predicted molar refractivity (Wildman–Crippen MR) is 131 cm³/mol. The summed E-state index contributed by atoms with van der Waals surface area (Å²) in [5.41, 5.74) is 2.23. The van der Waals surface area contributed by atoms with E-state index in [0.717, 1.165) is 20.6 Å². The Balaban J connectivity index is 1.54. The van der Waals surface area contributed by atoms with Crippen LogP contribution in [0.25, 0.3) is 0 Å². The molecule has 0 aliphatic rings. The molecule has 0 aliphatic carbocycles. The molecule has 0 bridgehead atoms. The normalized spacial score (nSPS) is 11.5. The van der Waals surface area contributed by atoms with E-state index in [4.69, 9.17) is 4.42 Å². The maximum absolute atomic E-state index is 13.2. The quantitative estimate of drug-likeness (QED) is 0.271. The van der Waals surface area contributed by atoms with Crippen molar-refractivity contribution in [1.29, 1.82) is 0 Å². The Kier molecular flexibility index (Phi) is 7.09. The van der Waals surface area contributed by atoms with E-state index in [0.29, 0.717) is 5.69 Å². The first kappa shape index (κ1) is 21.9. The summed E-state index contributed by atoms with van der Waals surface area (Å²) in [5.74, 6) is -0.225. The Morgan fingerprint density at radius 3 is 2.31 bits per heavy atom. The minimum absolute atomic E-state index is 0.131. The molecule has 1 heterocycles. The van der Waals surface area contributed by atoms with Crippen molar-refractivity contribution in [3.8, 4) is 0 Å². The van der Waals surface area contributed by atoms with Crippen LogP contribution in [0.3, 0.4) is 0 Å². The fraction of sp³-hybridized carbons (Fsp3) is 0.0400. The second-order valence-corrected chi connectivity index (χ2v) is 8.96. The monoisotopic (exact) mass is 506 g/mol. The van der Waals surface area contributed by atoms with E-state index in [2.05, 4.69) is 26.6 Å². The van der Waals surface area contributed by atoms with Crippen LogP contribution in [0.4, 0.5) is 11.4 Å². The van der Waals surface area contributed by atoms with Gasteiger partial charge in [-0.2, -0.15) is 0 Å². The van der Waals surface area contributed by atoms with Crippen LogP contribution in [0.2, 0.25) is 0 Å².